The minimum absolute atomic E-state index is 0.105. The second kappa shape index (κ2) is 6.68. The number of nitrogens with zero attached hydrogens (tertiary/aromatic N) is 3. The summed E-state index contributed by atoms with van der Waals surface area (Å²) in [4.78, 5) is 12.0. The molecule has 1 N–H and O–H groups in total. The third-order valence-electron chi connectivity index (χ3n) is 2.56. The van der Waals surface area contributed by atoms with E-state index in [0.29, 0.717) is 11.3 Å². The first-order valence-electron chi connectivity index (χ1n) is 5.56. The summed E-state index contributed by atoms with van der Waals surface area (Å²) < 4.78 is 4.80. The Labute approximate surface area is 110 Å². The van der Waals surface area contributed by atoms with Crippen molar-refractivity contribution in [3.05, 3.63) is 33.9 Å². The molecule has 0 aliphatic carbocycles. The van der Waals surface area contributed by atoms with Crippen molar-refractivity contribution >= 4 is 11.4 Å². The van der Waals surface area contributed by atoms with E-state index >= 15 is 0 Å². The van der Waals surface area contributed by atoms with Crippen LogP contribution in [0, 0.1) is 21.4 Å². The number of anilines is 1. The molecule has 19 heavy (non-hydrogen) atoms. The Balaban J connectivity index is 3.02. The van der Waals surface area contributed by atoms with E-state index in [-0.39, 0.29) is 18.8 Å². The van der Waals surface area contributed by atoms with Gasteiger partial charge >= 0.3 is 0 Å². The number of benzene rings is 1. The van der Waals surface area contributed by atoms with Crippen LogP contribution in [0.4, 0.5) is 11.4 Å². The maximum atomic E-state index is 10.9. The first-order valence-corrected chi connectivity index (χ1v) is 5.56. The zero-order chi connectivity index (χ0) is 14.4. The average Bonchev–Trinajstić information content (AvgIpc) is 2.37. The Morgan fingerprint density at radius 3 is 2.84 bits per heavy atom. The zero-order valence-corrected chi connectivity index (χ0v) is 10.7. The third kappa shape index (κ3) is 3.91. The van der Waals surface area contributed by atoms with E-state index in [1.807, 2.05) is 6.07 Å². The minimum Gasteiger partial charge on any atom is -0.389 e. The number of methoxy groups -OCH3 is 1. The number of rotatable bonds is 6. The molecule has 1 aromatic rings. The molecular weight excluding hydrogens is 250 g/mol. The van der Waals surface area contributed by atoms with E-state index in [1.165, 1.54) is 30.2 Å². The topological polar surface area (TPSA) is 99.6 Å². The van der Waals surface area contributed by atoms with Crippen LogP contribution >= 0.6 is 0 Å². The molecule has 0 spiro atoms. The fourth-order valence-electron chi connectivity index (χ4n) is 1.71. The van der Waals surface area contributed by atoms with Gasteiger partial charge < -0.3 is 14.7 Å². The molecule has 0 aliphatic rings. The summed E-state index contributed by atoms with van der Waals surface area (Å²) in [6, 6.07) is 6.03. The standard InChI is InChI=1S/C12H15N3O4/c1-14(7-10(16)8-19-2)12-5-9(6-13)3-4-11(12)15(17)18/h3-5,10,16H,7-8H2,1-2H3. The van der Waals surface area contributed by atoms with Gasteiger partial charge in [-0.1, -0.05) is 0 Å². The van der Waals surface area contributed by atoms with Gasteiger partial charge in [-0.05, 0) is 12.1 Å². The van der Waals surface area contributed by atoms with E-state index in [1.54, 1.807) is 7.05 Å². The van der Waals surface area contributed by atoms with Crippen LogP contribution in [-0.4, -0.2) is 43.4 Å². The van der Waals surface area contributed by atoms with Gasteiger partial charge in [-0.2, -0.15) is 5.26 Å². The molecule has 0 bridgehead atoms. The number of aliphatic hydroxyl groups excluding tert-OH is 1. The summed E-state index contributed by atoms with van der Waals surface area (Å²) in [6.07, 6.45) is -0.764. The fourth-order valence-corrected chi connectivity index (χ4v) is 1.71. The molecule has 0 radical (unpaired) electrons. The van der Waals surface area contributed by atoms with Crippen LogP contribution in [0.5, 0.6) is 0 Å². The van der Waals surface area contributed by atoms with Crippen molar-refractivity contribution < 1.29 is 14.8 Å². The van der Waals surface area contributed by atoms with Gasteiger partial charge in [0, 0.05) is 26.8 Å². The molecule has 7 nitrogen and oxygen atoms in total. The van der Waals surface area contributed by atoms with Crippen LogP contribution in [0.2, 0.25) is 0 Å². The lowest BCUT2D eigenvalue weighted by molar-refractivity contribution is -0.384. The number of aliphatic hydroxyl groups is 1. The highest BCUT2D eigenvalue weighted by atomic mass is 16.6. The summed E-state index contributed by atoms with van der Waals surface area (Å²) in [7, 11) is 3.07. The summed E-state index contributed by atoms with van der Waals surface area (Å²) in [6.45, 7) is 0.305. The van der Waals surface area contributed by atoms with Gasteiger partial charge in [0.1, 0.15) is 5.69 Å². The van der Waals surface area contributed by atoms with Gasteiger partial charge in [0.25, 0.3) is 5.69 Å². The maximum Gasteiger partial charge on any atom is 0.292 e. The monoisotopic (exact) mass is 265 g/mol. The molecule has 0 amide bonds. The lowest BCUT2D eigenvalue weighted by Gasteiger charge is -2.22. The largest absolute Gasteiger partial charge is 0.389 e. The predicted octanol–water partition coefficient (Wildman–Crippen LogP) is 0.910. The molecule has 102 valence electrons. The first kappa shape index (κ1) is 14.9. The van der Waals surface area contributed by atoms with Gasteiger partial charge in [-0.15, -0.1) is 0 Å². The van der Waals surface area contributed by atoms with Crippen molar-refractivity contribution in [2.45, 2.75) is 6.10 Å². The summed E-state index contributed by atoms with van der Waals surface area (Å²) in [5, 5.41) is 29.4. The number of ether oxygens (including phenoxy) is 1. The second-order valence-corrected chi connectivity index (χ2v) is 4.06. The Bertz CT molecular complexity index is 498. The molecular formula is C12H15N3O4. The van der Waals surface area contributed by atoms with Crippen molar-refractivity contribution in [2.24, 2.45) is 0 Å². The molecule has 1 atom stereocenters. The number of nitriles is 1. The van der Waals surface area contributed by atoms with E-state index in [9.17, 15) is 15.2 Å². The fraction of sp³-hybridized carbons (Fsp3) is 0.417. The summed E-state index contributed by atoms with van der Waals surface area (Å²) >= 11 is 0. The number of likely N-dealkylation sites (N-methyl/N-ethyl adjacent to an activating group) is 1. The highest BCUT2D eigenvalue weighted by Crippen LogP contribution is 2.28. The van der Waals surface area contributed by atoms with Crippen molar-refractivity contribution in [3.8, 4) is 6.07 Å². The lowest BCUT2D eigenvalue weighted by atomic mass is 10.1. The third-order valence-corrected chi connectivity index (χ3v) is 2.56. The average molecular weight is 265 g/mol. The molecule has 1 unspecified atom stereocenters. The number of hydrogen-bond donors (Lipinski definition) is 1. The molecule has 0 saturated carbocycles. The maximum absolute atomic E-state index is 10.9. The van der Waals surface area contributed by atoms with E-state index in [2.05, 4.69) is 0 Å². The quantitative estimate of drug-likeness (QED) is 0.606. The summed E-state index contributed by atoms with van der Waals surface area (Å²) in [5.41, 5.74) is 0.513. The van der Waals surface area contributed by atoms with Crippen LogP contribution in [0.1, 0.15) is 5.56 Å². The molecule has 1 rings (SSSR count). The predicted molar refractivity (Wildman–Crippen MR) is 69.0 cm³/mol. The second-order valence-electron chi connectivity index (χ2n) is 4.06. The highest BCUT2D eigenvalue weighted by molar-refractivity contribution is 5.65. The Hall–Kier alpha value is -2.17. The molecule has 1 aromatic carbocycles. The lowest BCUT2D eigenvalue weighted by Crippen LogP contribution is -2.32. The van der Waals surface area contributed by atoms with Crippen LogP contribution < -0.4 is 4.90 Å². The number of hydrogen-bond acceptors (Lipinski definition) is 6. The number of nitro benzene ring substituents is 1. The van der Waals surface area contributed by atoms with E-state index < -0.39 is 11.0 Å². The van der Waals surface area contributed by atoms with Crippen LogP contribution in [0.25, 0.3) is 0 Å². The van der Waals surface area contributed by atoms with Crippen molar-refractivity contribution in [1.82, 2.24) is 0 Å². The van der Waals surface area contributed by atoms with Crippen LogP contribution in [-0.2, 0) is 4.74 Å². The molecule has 0 aromatic heterocycles. The van der Waals surface area contributed by atoms with Crippen LogP contribution in [0.15, 0.2) is 18.2 Å². The van der Waals surface area contributed by atoms with Gasteiger partial charge in [0.05, 0.1) is 29.3 Å². The highest BCUT2D eigenvalue weighted by Gasteiger charge is 2.19. The Morgan fingerprint density at radius 1 is 1.63 bits per heavy atom. The van der Waals surface area contributed by atoms with Crippen LogP contribution in [0.3, 0.4) is 0 Å². The summed E-state index contributed by atoms with van der Waals surface area (Å²) in [5.74, 6) is 0. The van der Waals surface area contributed by atoms with Gasteiger partial charge in [0.15, 0.2) is 0 Å². The molecule has 0 fully saturated rings. The normalized spacial score (nSPS) is 11.7. The van der Waals surface area contributed by atoms with Crippen molar-refractivity contribution in [3.63, 3.8) is 0 Å². The van der Waals surface area contributed by atoms with Gasteiger partial charge in [0.2, 0.25) is 0 Å². The van der Waals surface area contributed by atoms with Gasteiger partial charge in [-0.25, -0.2) is 0 Å². The van der Waals surface area contributed by atoms with Gasteiger partial charge in [-0.3, -0.25) is 10.1 Å². The van der Waals surface area contributed by atoms with Crippen molar-refractivity contribution in [2.75, 3.05) is 32.2 Å². The van der Waals surface area contributed by atoms with E-state index in [0.717, 1.165) is 0 Å². The zero-order valence-electron chi connectivity index (χ0n) is 10.7. The smallest absolute Gasteiger partial charge is 0.292 e. The minimum atomic E-state index is -0.764. The molecule has 0 aliphatic heterocycles. The molecule has 7 heteroatoms. The Kier molecular flexibility index (Phi) is 5.23. The SMILES string of the molecule is COCC(O)CN(C)c1cc(C#N)ccc1[N+](=O)[O-]. The molecule has 0 saturated heterocycles. The van der Waals surface area contributed by atoms with Crippen molar-refractivity contribution in [1.29, 1.82) is 5.26 Å². The first-order chi connectivity index (χ1) is 8.99. The molecule has 0 heterocycles. The van der Waals surface area contributed by atoms with E-state index in [4.69, 9.17) is 10.00 Å². The number of nitro groups is 1. The Morgan fingerprint density at radius 2 is 2.32 bits per heavy atom.